The lowest BCUT2D eigenvalue weighted by Gasteiger charge is -2.27. The Labute approximate surface area is 210 Å². The zero-order chi connectivity index (χ0) is 24.8. The van der Waals surface area contributed by atoms with Crippen LogP contribution in [-0.2, 0) is 11.3 Å². The first-order chi connectivity index (χ1) is 17.5. The standard InChI is InChI=1S/C26H33N7O3/c1-15-13-32(26(36)29-15)14-16-8-10-27-21(12-16)30-25(35)23(22(17-2-3-17)18-4-5-18)31-24(34)20-9-11-28-33(20)19-6-7-19/h8-12,15,17-19,22-23H,2-7,13-14H2,1H3,(H,29,36)(H,31,34)(H,27,30,35)/t15-,23+/m1/s1. The molecule has 36 heavy (non-hydrogen) atoms. The van der Waals surface area contributed by atoms with Crippen LogP contribution in [0.4, 0.5) is 10.6 Å². The third-order valence-corrected chi connectivity index (χ3v) is 7.68. The van der Waals surface area contributed by atoms with Gasteiger partial charge in [0.1, 0.15) is 17.6 Å². The average molecular weight is 492 g/mol. The molecule has 3 aliphatic carbocycles. The van der Waals surface area contributed by atoms with Crippen molar-refractivity contribution in [3.63, 3.8) is 0 Å². The fourth-order valence-electron chi connectivity index (χ4n) is 5.51. The maximum atomic E-state index is 13.6. The molecule has 3 N–H and O–H groups in total. The predicted octanol–water partition coefficient (Wildman–Crippen LogP) is 2.70. The van der Waals surface area contributed by atoms with E-state index in [1.54, 1.807) is 34.1 Å². The first kappa shape index (κ1) is 23.0. The summed E-state index contributed by atoms with van der Waals surface area (Å²) in [7, 11) is 0. The van der Waals surface area contributed by atoms with E-state index in [9.17, 15) is 14.4 Å². The molecule has 0 unspecified atom stereocenters. The Hall–Kier alpha value is -3.43. The van der Waals surface area contributed by atoms with E-state index in [2.05, 4.69) is 26.0 Å². The highest BCUT2D eigenvalue weighted by Gasteiger charge is 2.48. The molecule has 6 rings (SSSR count). The summed E-state index contributed by atoms with van der Waals surface area (Å²) in [5.41, 5.74) is 1.40. The molecule has 3 saturated carbocycles. The number of nitrogens with one attached hydrogen (secondary N) is 3. The number of rotatable bonds is 10. The summed E-state index contributed by atoms with van der Waals surface area (Å²) < 4.78 is 1.79. The Morgan fingerprint density at radius 3 is 2.50 bits per heavy atom. The van der Waals surface area contributed by atoms with Crippen LogP contribution in [0, 0.1) is 17.8 Å². The van der Waals surface area contributed by atoms with E-state index in [4.69, 9.17) is 0 Å². The third-order valence-electron chi connectivity index (χ3n) is 7.68. The molecule has 2 atom stereocenters. The zero-order valence-electron chi connectivity index (χ0n) is 20.5. The minimum Gasteiger partial charge on any atom is -0.339 e. The molecule has 10 nitrogen and oxygen atoms in total. The normalized spacial score (nSPS) is 22.4. The van der Waals surface area contributed by atoms with Crippen molar-refractivity contribution >= 4 is 23.7 Å². The summed E-state index contributed by atoms with van der Waals surface area (Å²) in [4.78, 5) is 45.2. The zero-order valence-corrected chi connectivity index (χ0v) is 20.5. The van der Waals surface area contributed by atoms with Gasteiger partial charge in [-0.15, -0.1) is 0 Å². The summed E-state index contributed by atoms with van der Waals surface area (Å²) in [5, 5.41) is 13.3. The Kier molecular flexibility index (Phi) is 5.89. The maximum absolute atomic E-state index is 13.6. The molecule has 0 aromatic carbocycles. The van der Waals surface area contributed by atoms with E-state index in [1.165, 1.54) is 0 Å². The summed E-state index contributed by atoms with van der Waals surface area (Å²) in [5.74, 6) is 1.01. The van der Waals surface area contributed by atoms with Crippen molar-refractivity contribution in [1.29, 1.82) is 0 Å². The Morgan fingerprint density at radius 2 is 1.86 bits per heavy atom. The highest BCUT2D eigenvalue weighted by atomic mass is 16.2. The molecule has 190 valence electrons. The summed E-state index contributed by atoms with van der Waals surface area (Å²) in [6, 6.07) is 5.06. The van der Waals surface area contributed by atoms with Crippen molar-refractivity contribution in [2.75, 3.05) is 11.9 Å². The fourth-order valence-corrected chi connectivity index (χ4v) is 5.51. The minimum atomic E-state index is -0.629. The molecule has 0 bridgehead atoms. The van der Waals surface area contributed by atoms with E-state index in [0.717, 1.165) is 44.1 Å². The van der Waals surface area contributed by atoms with Crippen molar-refractivity contribution in [1.82, 2.24) is 30.3 Å². The molecule has 10 heteroatoms. The van der Waals surface area contributed by atoms with Crippen molar-refractivity contribution in [3.8, 4) is 0 Å². The van der Waals surface area contributed by atoms with Gasteiger partial charge in [0.2, 0.25) is 5.91 Å². The second-order valence-electron chi connectivity index (χ2n) is 10.9. The van der Waals surface area contributed by atoms with Crippen molar-refractivity contribution in [2.45, 2.75) is 70.1 Å². The van der Waals surface area contributed by atoms with Gasteiger partial charge in [-0.2, -0.15) is 5.10 Å². The summed E-state index contributed by atoms with van der Waals surface area (Å²) in [6.07, 6.45) is 9.75. The highest BCUT2D eigenvalue weighted by Crippen LogP contribution is 2.51. The van der Waals surface area contributed by atoms with Gasteiger partial charge in [0.25, 0.3) is 5.91 Å². The van der Waals surface area contributed by atoms with Crippen LogP contribution in [0.25, 0.3) is 0 Å². The van der Waals surface area contributed by atoms with Crippen LogP contribution in [-0.4, -0.2) is 56.1 Å². The molecule has 1 saturated heterocycles. The number of urea groups is 1. The third kappa shape index (κ3) is 4.94. The molecule has 4 aliphatic rings. The van der Waals surface area contributed by atoms with E-state index >= 15 is 0 Å². The monoisotopic (exact) mass is 491 g/mol. The molecular weight excluding hydrogens is 458 g/mol. The second-order valence-corrected chi connectivity index (χ2v) is 10.9. The molecule has 0 radical (unpaired) electrons. The van der Waals surface area contributed by atoms with Crippen LogP contribution in [0.3, 0.4) is 0 Å². The topological polar surface area (TPSA) is 121 Å². The van der Waals surface area contributed by atoms with Crippen LogP contribution >= 0.6 is 0 Å². The minimum absolute atomic E-state index is 0.0881. The number of amides is 4. The van der Waals surface area contributed by atoms with Crippen LogP contribution in [0.2, 0.25) is 0 Å². The van der Waals surface area contributed by atoms with Crippen LogP contribution in [0.15, 0.2) is 30.6 Å². The number of hydrogen-bond acceptors (Lipinski definition) is 5. The number of carbonyl (C=O) groups excluding carboxylic acids is 3. The maximum Gasteiger partial charge on any atom is 0.318 e. The SMILES string of the molecule is C[C@@H]1CN(Cc2ccnc(NC(=O)[C@@H](NC(=O)c3ccnn3C3CC3)C(C3CC3)C3CC3)c2)C(=O)N1. The van der Waals surface area contributed by atoms with Crippen molar-refractivity contribution in [3.05, 3.63) is 41.9 Å². The fraction of sp³-hybridized carbons (Fsp3) is 0.577. The van der Waals surface area contributed by atoms with E-state index in [0.29, 0.717) is 36.4 Å². The number of hydrogen-bond donors (Lipinski definition) is 3. The molecule has 3 heterocycles. The molecular formula is C26H33N7O3. The molecule has 2 aromatic rings. The van der Waals surface area contributed by atoms with E-state index < -0.39 is 6.04 Å². The van der Waals surface area contributed by atoms with Gasteiger partial charge in [0, 0.05) is 31.5 Å². The second kappa shape index (κ2) is 9.22. The van der Waals surface area contributed by atoms with Crippen molar-refractivity contribution < 1.29 is 14.4 Å². The Balaban J connectivity index is 1.19. The number of anilines is 1. The number of carbonyl (C=O) groups is 3. The predicted molar refractivity (Wildman–Crippen MR) is 132 cm³/mol. The lowest BCUT2D eigenvalue weighted by molar-refractivity contribution is -0.119. The van der Waals surface area contributed by atoms with E-state index in [1.807, 2.05) is 13.0 Å². The van der Waals surface area contributed by atoms with Gasteiger partial charge in [-0.3, -0.25) is 14.3 Å². The lowest BCUT2D eigenvalue weighted by Crippen LogP contribution is -2.50. The van der Waals surface area contributed by atoms with Gasteiger partial charge in [-0.05, 0) is 87.0 Å². The van der Waals surface area contributed by atoms with Gasteiger partial charge in [-0.25, -0.2) is 9.78 Å². The van der Waals surface area contributed by atoms with Gasteiger partial charge in [0.15, 0.2) is 0 Å². The largest absolute Gasteiger partial charge is 0.339 e. The smallest absolute Gasteiger partial charge is 0.318 e. The molecule has 4 amide bonds. The summed E-state index contributed by atoms with van der Waals surface area (Å²) >= 11 is 0. The molecule has 1 aliphatic heterocycles. The Bertz CT molecular complexity index is 1160. The van der Waals surface area contributed by atoms with Crippen LogP contribution in [0.1, 0.15) is 67.5 Å². The molecule has 2 aromatic heterocycles. The number of aromatic nitrogens is 3. The quantitative estimate of drug-likeness (QED) is 0.472. The van der Waals surface area contributed by atoms with Gasteiger partial charge >= 0.3 is 6.03 Å². The first-order valence-corrected chi connectivity index (χ1v) is 13.1. The molecule has 0 spiro atoms. The highest BCUT2D eigenvalue weighted by molar-refractivity contribution is 6.00. The summed E-state index contributed by atoms with van der Waals surface area (Å²) in [6.45, 7) is 3.05. The van der Waals surface area contributed by atoms with Gasteiger partial charge in [0.05, 0.1) is 6.04 Å². The van der Waals surface area contributed by atoms with Crippen LogP contribution in [0.5, 0.6) is 0 Å². The van der Waals surface area contributed by atoms with Gasteiger partial charge < -0.3 is 20.9 Å². The lowest BCUT2D eigenvalue weighted by atomic mass is 9.88. The molecule has 4 fully saturated rings. The van der Waals surface area contributed by atoms with Crippen LogP contribution < -0.4 is 16.0 Å². The van der Waals surface area contributed by atoms with E-state index in [-0.39, 0.29) is 35.8 Å². The Morgan fingerprint density at radius 1 is 1.11 bits per heavy atom. The number of nitrogens with zero attached hydrogens (tertiary/aromatic N) is 4. The number of pyridine rings is 1. The average Bonchev–Trinajstić information content (AvgIpc) is 3.73. The van der Waals surface area contributed by atoms with Crippen molar-refractivity contribution in [2.24, 2.45) is 17.8 Å². The first-order valence-electron chi connectivity index (χ1n) is 13.1. The van der Waals surface area contributed by atoms with Gasteiger partial charge in [-0.1, -0.05) is 0 Å².